The van der Waals surface area contributed by atoms with Crippen molar-refractivity contribution in [3.05, 3.63) is 36.7 Å². The van der Waals surface area contributed by atoms with E-state index in [0.29, 0.717) is 17.3 Å². The minimum absolute atomic E-state index is 0.277. The third kappa shape index (κ3) is 6.57. The quantitative estimate of drug-likeness (QED) is 0.762. The van der Waals surface area contributed by atoms with Crippen LogP contribution in [0.25, 0.3) is 0 Å². The summed E-state index contributed by atoms with van der Waals surface area (Å²) in [4.78, 5) is 10.6. The van der Waals surface area contributed by atoms with E-state index < -0.39 is 6.36 Å². The van der Waals surface area contributed by atoms with Gasteiger partial charge in [-0.1, -0.05) is 0 Å². The first-order valence-electron chi connectivity index (χ1n) is 8.47. The summed E-state index contributed by atoms with van der Waals surface area (Å²) in [5.74, 6) is 0.919. The van der Waals surface area contributed by atoms with Gasteiger partial charge in [0.25, 0.3) is 0 Å². The average molecular weight is 383 g/mol. The lowest BCUT2D eigenvalue weighted by Crippen LogP contribution is -2.39. The standard InChI is InChI=1S/C17H20F3N5O2/c18-17(19,20)27-14-3-1-13(2-4-14)24-16-11-15(22-12-23-16)21-5-6-25-7-9-26-10-8-25/h1-4,11-12H,5-10H2,(H2,21,22,23,24). The first-order valence-corrected chi connectivity index (χ1v) is 8.47. The van der Waals surface area contributed by atoms with Gasteiger partial charge in [-0.25, -0.2) is 9.97 Å². The van der Waals surface area contributed by atoms with Crippen LogP contribution in [-0.2, 0) is 4.74 Å². The van der Waals surface area contributed by atoms with E-state index >= 15 is 0 Å². The second-order valence-corrected chi connectivity index (χ2v) is 5.87. The number of halogens is 3. The highest BCUT2D eigenvalue weighted by Gasteiger charge is 2.30. The molecule has 2 aromatic rings. The van der Waals surface area contributed by atoms with Crippen LogP contribution in [0.5, 0.6) is 5.75 Å². The van der Waals surface area contributed by atoms with Crippen LogP contribution in [-0.4, -0.2) is 60.6 Å². The number of hydrogen-bond acceptors (Lipinski definition) is 7. The van der Waals surface area contributed by atoms with Gasteiger partial charge < -0.3 is 20.1 Å². The Hall–Kier alpha value is -2.59. The van der Waals surface area contributed by atoms with Gasteiger partial charge in [-0.3, -0.25) is 4.90 Å². The molecule has 10 heteroatoms. The first kappa shape index (κ1) is 19.2. The number of ether oxygens (including phenoxy) is 2. The number of rotatable bonds is 7. The molecule has 1 fully saturated rings. The van der Waals surface area contributed by atoms with Gasteiger partial charge in [-0.2, -0.15) is 0 Å². The Bertz CT molecular complexity index is 721. The molecule has 0 amide bonds. The lowest BCUT2D eigenvalue weighted by molar-refractivity contribution is -0.274. The molecule has 1 aliphatic heterocycles. The van der Waals surface area contributed by atoms with Crippen LogP contribution in [0, 0.1) is 0 Å². The molecule has 146 valence electrons. The summed E-state index contributed by atoms with van der Waals surface area (Å²) in [6.45, 7) is 4.98. The molecule has 27 heavy (non-hydrogen) atoms. The predicted molar refractivity (Wildman–Crippen MR) is 94.2 cm³/mol. The Labute approximate surface area is 154 Å². The second kappa shape index (κ2) is 8.87. The molecule has 1 aromatic carbocycles. The number of morpholine rings is 1. The minimum atomic E-state index is -4.70. The smallest absolute Gasteiger partial charge is 0.406 e. The number of anilines is 3. The fourth-order valence-electron chi connectivity index (χ4n) is 2.58. The zero-order valence-corrected chi connectivity index (χ0v) is 14.5. The summed E-state index contributed by atoms with van der Waals surface area (Å²) in [6, 6.07) is 7.17. The highest BCUT2D eigenvalue weighted by atomic mass is 19.4. The van der Waals surface area contributed by atoms with Crippen molar-refractivity contribution < 1.29 is 22.6 Å². The van der Waals surface area contributed by atoms with E-state index in [4.69, 9.17) is 4.74 Å². The molecule has 0 saturated carbocycles. The molecular weight excluding hydrogens is 363 g/mol. The number of benzene rings is 1. The summed E-state index contributed by atoms with van der Waals surface area (Å²) >= 11 is 0. The van der Waals surface area contributed by atoms with Crippen molar-refractivity contribution >= 4 is 17.3 Å². The molecule has 2 heterocycles. The predicted octanol–water partition coefficient (Wildman–Crippen LogP) is 2.86. The molecule has 7 nitrogen and oxygen atoms in total. The Balaban J connectivity index is 1.51. The van der Waals surface area contributed by atoms with E-state index in [9.17, 15) is 13.2 Å². The third-order valence-electron chi connectivity index (χ3n) is 3.87. The maximum Gasteiger partial charge on any atom is 0.573 e. The number of alkyl halides is 3. The van der Waals surface area contributed by atoms with Crippen LogP contribution in [0.4, 0.5) is 30.5 Å². The molecule has 2 N–H and O–H groups in total. The lowest BCUT2D eigenvalue weighted by Gasteiger charge is -2.26. The van der Waals surface area contributed by atoms with Crippen LogP contribution in [0.1, 0.15) is 0 Å². The Morgan fingerprint density at radius 2 is 1.78 bits per heavy atom. The first-order chi connectivity index (χ1) is 13.0. The van der Waals surface area contributed by atoms with Crippen molar-refractivity contribution in [2.45, 2.75) is 6.36 Å². The maximum absolute atomic E-state index is 12.2. The van der Waals surface area contributed by atoms with Crippen molar-refractivity contribution in [1.29, 1.82) is 0 Å². The number of aromatic nitrogens is 2. The molecule has 0 atom stereocenters. The van der Waals surface area contributed by atoms with Crippen LogP contribution >= 0.6 is 0 Å². The van der Waals surface area contributed by atoms with E-state index in [2.05, 4.69) is 30.2 Å². The summed E-state index contributed by atoms with van der Waals surface area (Å²) in [5.41, 5.74) is 0.586. The summed E-state index contributed by atoms with van der Waals surface area (Å²) in [5, 5.41) is 6.25. The summed E-state index contributed by atoms with van der Waals surface area (Å²) < 4.78 is 45.7. The fourth-order valence-corrected chi connectivity index (χ4v) is 2.58. The van der Waals surface area contributed by atoms with Gasteiger partial charge >= 0.3 is 6.36 Å². The summed E-state index contributed by atoms with van der Waals surface area (Å²) in [6.07, 6.45) is -3.29. The zero-order valence-electron chi connectivity index (χ0n) is 14.5. The Morgan fingerprint density at radius 1 is 1.07 bits per heavy atom. The normalized spacial score (nSPS) is 15.4. The van der Waals surface area contributed by atoms with Crippen molar-refractivity contribution in [3.63, 3.8) is 0 Å². The van der Waals surface area contributed by atoms with E-state index in [1.807, 2.05) is 0 Å². The number of hydrogen-bond donors (Lipinski definition) is 2. The Morgan fingerprint density at radius 3 is 2.48 bits per heavy atom. The largest absolute Gasteiger partial charge is 0.573 e. The van der Waals surface area contributed by atoms with Crippen molar-refractivity contribution in [2.75, 3.05) is 50.0 Å². The third-order valence-corrected chi connectivity index (χ3v) is 3.87. The van der Waals surface area contributed by atoms with Gasteiger partial charge in [-0.05, 0) is 24.3 Å². The molecule has 0 radical (unpaired) electrons. The lowest BCUT2D eigenvalue weighted by atomic mass is 10.3. The van der Waals surface area contributed by atoms with E-state index in [1.165, 1.54) is 30.6 Å². The monoisotopic (exact) mass is 383 g/mol. The van der Waals surface area contributed by atoms with Gasteiger partial charge in [0, 0.05) is 37.9 Å². The molecule has 0 unspecified atom stereocenters. The van der Waals surface area contributed by atoms with Gasteiger partial charge in [0.1, 0.15) is 23.7 Å². The molecule has 0 bridgehead atoms. The molecule has 0 aliphatic carbocycles. The zero-order chi connectivity index (χ0) is 19.1. The van der Waals surface area contributed by atoms with E-state index in [-0.39, 0.29) is 5.75 Å². The number of nitrogens with one attached hydrogen (secondary N) is 2. The van der Waals surface area contributed by atoms with Crippen LogP contribution in [0.3, 0.4) is 0 Å². The minimum Gasteiger partial charge on any atom is -0.406 e. The molecule has 1 aliphatic rings. The topological polar surface area (TPSA) is 71.5 Å². The second-order valence-electron chi connectivity index (χ2n) is 5.87. The van der Waals surface area contributed by atoms with E-state index in [0.717, 1.165) is 39.4 Å². The maximum atomic E-state index is 12.2. The van der Waals surface area contributed by atoms with Gasteiger partial charge in [0.2, 0.25) is 0 Å². The SMILES string of the molecule is FC(F)(F)Oc1ccc(Nc2cc(NCCN3CCOCC3)ncn2)cc1. The molecule has 1 aromatic heterocycles. The highest BCUT2D eigenvalue weighted by molar-refractivity contribution is 5.59. The van der Waals surface area contributed by atoms with Crippen LogP contribution < -0.4 is 15.4 Å². The average Bonchev–Trinajstić information content (AvgIpc) is 2.63. The number of nitrogens with zero attached hydrogens (tertiary/aromatic N) is 3. The van der Waals surface area contributed by atoms with Crippen molar-refractivity contribution in [2.24, 2.45) is 0 Å². The molecule has 0 spiro atoms. The fraction of sp³-hybridized carbons (Fsp3) is 0.412. The molecule has 3 rings (SSSR count). The van der Waals surface area contributed by atoms with Gasteiger partial charge in [-0.15, -0.1) is 13.2 Å². The summed E-state index contributed by atoms with van der Waals surface area (Å²) in [7, 11) is 0. The Kier molecular flexibility index (Phi) is 6.30. The van der Waals surface area contributed by atoms with Crippen molar-refractivity contribution in [3.8, 4) is 5.75 Å². The van der Waals surface area contributed by atoms with Gasteiger partial charge in [0.15, 0.2) is 0 Å². The van der Waals surface area contributed by atoms with Gasteiger partial charge in [0.05, 0.1) is 13.2 Å². The molecular formula is C17H20F3N5O2. The molecule has 1 saturated heterocycles. The van der Waals surface area contributed by atoms with E-state index in [1.54, 1.807) is 6.07 Å². The van der Waals surface area contributed by atoms with Crippen LogP contribution in [0.15, 0.2) is 36.7 Å². The van der Waals surface area contributed by atoms with Crippen molar-refractivity contribution in [1.82, 2.24) is 14.9 Å². The van der Waals surface area contributed by atoms with Crippen LogP contribution in [0.2, 0.25) is 0 Å². The highest BCUT2D eigenvalue weighted by Crippen LogP contribution is 2.25.